The first kappa shape index (κ1) is 19.5. The summed E-state index contributed by atoms with van der Waals surface area (Å²) in [6, 6.07) is 12.9. The number of amides is 1. The van der Waals surface area contributed by atoms with Crippen LogP contribution in [0, 0.1) is 6.92 Å². The summed E-state index contributed by atoms with van der Waals surface area (Å²) >= 11 is 0. The van der Waals surface area contributed by atoms with Crippen LogP contribution in [0.3, 0.4) is 0 Å². The molecule has 0 aromatic heterocycles. The first-order valence-corrected chi connectivity index (χ1v) is 8.58. The zero-order chi connectivity index (χ0) is 19.3. The number of ether oxygens (including phenoxy) is 2. The molecule has 2 aromatic rings. The van der Waals surface area contributed by atoms with E-state index in [1.807, 2.05) is 58.0 Å². The van der Waals surface area contributed by atoms with E-state index in [1.54, 1.807) is 19.1 Å². The molecule has 138 valence electrons. The molecular formula is C21H25NO4. The minimum absolute atomic E-state index is 0.337. The van der Waals surface area contributed by atoms with E-state index in [2.05, 4.69) is 5.32 Å². The van der Waals surface area contributed by atoms with Crippen LogP contribution in [-0.2, 0) is 9.47 Å². The van der Waals surface area contributed by atoms with Crippen molar-refractivity contribution in [3.8, 4) is 11.1 Å². The van der Waals surface area contributed by atoms with Crippen LogP contribution in [0.1, 0.15) is 43.6 Å². The Morgan fingerprint density at radius 1 is 1.04 bits per heavy atom. The number of benzene rings is 2. The SMILES string of the molecule is CCOC(=O)c1ccc(-c2cc(NC(=O)OC(C)(C)C)ccc2C)cc1. The smallest absolute Gasteiger partial charge is 0.412 e. The van der Waals surface area contributed by atoms with E-state index in [0.29, 0.717) is 17.9 Å². The van der Waals surface area contributed by atoms with Crippen molar-refractivity contribution in [3.05, 3.63) is 53.6 Å². The summed E-state index contributed by atoms with van der Waals surface area (Å²) in [5.74, 6) is -0.337. The number of anilines is 1. The van der Waals surface area contributed by atoms with E-state index in [0.717, 1.165) is 16.7 Å². The van der Waals surface area contributed by atoms with E-state index < -0.39 is 11.7 Å². The molecule has 26 heavy (non-hydrogen) atoms. The van der Waals surface area contributed by atoms with E-state index in [4.69, 9.17) is 9.47 Å². The van der Waals surface area contributed by atoms with Crippen LogP contribution in [-0.4, -0.2) is 24.3 Å². The molecule has 2 aromatic carbocycles. The van der Waals surface area contributed by atoms with E-state index >= 15 is 0 Å². The Morgan fingerprint density at radius 3 is 2.27 bits per heavy atom. The number of nitrogens with one attached hydrogen (secondary N) is 1. The van der Waals surface area contributed by atoms with Crippen molar-refractivity contribution in [2.45, 2.75) is 40.2 Å². The van der Waals surface area contributed by atoms with Crippen molar-refractivity contribution in [3.63, 3.8) is 0 Å². The van der Waals surface area contributed by atoms with Crippen molar-refractivity contribution in [1.29, 1.82) is 0 Å². The molecule has 0 atom stereocenters. The summed E-state index contributed by atoms with van der Waals surface area (Å²) in [5.41, 5.74) is 3.58. The lowest BCUT2D eigenvalue weighted by molar-refractivity contribution is 0.0525. The van der Waals surface area contributed by atoms with Gasteiger partial charge in [-0.1, -0.05) is 18.2 Å². The molecule has 0 aliphatic heterocycles. The van der Waals surface area contributed by atoms with Crippen LogP contribution in [0.25, 0.3) is 11.1 Å². The van der Waals surface area contributed by atoms with Crippen LogP contribution >= 0.6 is 0 Å². The number of rotatable bonds is 4. The van der Waals surface area contributed by atoms with Crippen LogP contribution in [0.5, 0.6) is 0 Å². The minimum Gasteiger partial charge on any atom is -0.462 e. The van der Waals surface area contributed by atoms with E-state index in [1.165, 1.54) is 0 Å². The minimum atomic E-state index is -0.555. The highest BCUT2D eigenvalue weighted by Gasteiger charge is 2.16. The van der Waals surface area contributed by atoms with Gasteiger partial charge >= 0.3 is 12.1 Å². The number of hydrogen-bond acceptors (Lipinski definition) is 4. The number of carbonyl (C=O) groups is 2. The van der Waals surface area contributed by atoms with Gasteiger partial charge in [-0.2, -0.15) is 0 Å². The van der Waals surface area contributed by atoms with Crippen LogP contribution in [0.4, 0.5) is 10.5 Å². The second-order valence-electron chi connectivity index (χ2n) is 6.95. The second kappa shape index (κ2) is 8.04. The second-order valence-corrected chi connectivity index (χ2v) is 6.95. The fourth-order valence-electron chi connectivity index (χ4n) is 2.43. The largest absolute Gasteiger partial charge is 0.462 e. The maximum Gasteiger partial charge on any atom is 0.412 e. The van der Waals surface area contributed by atoms with Crippen molar-refractivity contribution in [2.75, 3.05) is 11.9 Å². The van der Waals surface area contributed by atoms with Crippen molar-refractivity contribution < 1.29 is 19.1 Å². The molecule has 5 heteroatoms. The summed E-state index contributed by atoms with van der Waals surface area (Å²) in [7, 11) is 0. The number of esters is 1. The van der Waals surface area contributed by atoms with Crippen LogP contribution in [0.15, 0.2) is 42.5 Å². The molecule has 0 fully saturated rings. The number of carbonyl (C=O) groups excluding carboxylic acids is 2. The highest BCUT2D eigenvalue weighted by Crippen LogP contribution is 2.27. The number of aryl methyl sites for hydroxylation is 1. The molecule has 0 bridgehead atoms. The molecule has 1 amide bonds. The highest BCUT2D eigenvalue weighted by molar-refractivity contribution is 5.90. The van der Waals surface area contributed by atoms with Gasteiger partial charge in [0.2, 0.25) is 0 Å². The van der Waals surface area contributed by atoms with Gasteiger partial charge in [0.15, 0.2) is 0 Å². The molecule has 2 rings (SSSR count). The van der Waals surface area contributed by atoms with Crippen LogP contribution in [0.2, 0.25) is 0 Å². The average Bonchev–Trinajstić information content (AvgIpc) is 2.55. The average molecular weight is 355 g/mol. The van der Waals surface area contributed by atoms with E-state index in [-0.39, 0.29) is 5.97 Å². The summed E-state index contributed by atoms with van der Waals surface area (Å²) in [4.78, 5) is 23.7. The Bertz CT molecular complexity index is 789. The lowest BCUT2D eigenvalue weighted by atomic mass is 9.99. The summed E-state index contributed by atoms with van der Waals surface area (Å²) < 4.78 is 10.3. The van der Waals surface area contributed by atoms with Gasteiger partial charge in [-0.15, -0.1) is 0 Å². The predicted octanol–water partition coefficient (Wildman–Crippen LogP) is 5.19. The fourth-order valence-corrected chi connectivity index (χ4v) is 2.43. The summed E-state index contributed by atoms with van der Waals surface area (Å²) in [6.45, 7) is 9.57. The molecule has 0 unspecified atom stereocenters. The van der Waals surface area contributed by atoms with Gasteiger partial charge in [-0.05, 0) is 75.6 Å². The summed E-state index contributed by atoms with van der Waals surface area (Å²) in [5, 5.41) is 2.75. The third-order valence-electron chi connectivity index (χ3n) is 3.59. The predicted molar refractivity (Wildman–Crippen MR) is 102 cm³/mol. The quantitative estimate of drug-likeness (QED) is 0.767. The maximum atomic E-state index is 12.0. The first-order valence-electron chi connectivity index (χ1n) is 8.58. The molecule has 0 heterocycles. The topological polar surface area (TPSA) is 64.6 Å². The molecule has 0 radical (unpaired) electrons. The molecule has 1 N–H and O–H groups in total. The zero-order valence-electron chi connectivity index (χ0n) is 15.9. The molecular weight excluding hydrogens is 330 g/mol. The fraction of sp³-hybridized carbons (Fsp3) is 0.333. The van der Waals surface area contributed by atoms with Gasteiger partial charge in [0.05, 0.1) is 12.2 Å². The monoisotopic (exact) mass is 355 g/mol. The summed E-state index contributed by atoms with van der Waals surface area (Å²) in [6.07, 6.45) is -0.495. The molecule has 5 nitrogen and oxygen atoms in total. The standard InChI is InChI=1S/C21H25NO4/c1-6-25-19(23)16-10-8-15(9-11-16)18-13-17(12-7-14(18)2)22-20(24)26-21(3,4)5/h7-13H,6H2,1-5H3,(H,22,24). The zero-order valence-corrected chi connectivity index (χ0v) is 15.9. The lowest BCUT2D eigenvalue weighted by Gasteiger charge is -2.20. The van der Waals surface area contributed by atoms with Crippen molar-refractivity contribution in [1.82, 2.24) is 0 Å². The Morgan fingerprint density at radius 2 is 1.69 bits per heavy atom. The third-order valence-corrected chi connectivity index (χ3v) is 3.59. The van der Waals surface area contributed by atoms with E-state index in [9.17, 15) is 9.59 Å². The molecule has 0 spiro atoms. The van der Waals surface area contributed by atoms with Gasteiger partial charge in [0.25, 0.3) is 0 Å². The van der Waals surface area contributed by atoms with Gasteiger partial charge in [-0.25, -0.2) is 9.59 Å². The molecule has 0 aliphatic rings. The van der Waals surface area contributed by atoms with Crippen LogP contribution < -0.4 is 5.32 Å². The van der Waals surface area contributed by atoms with Crippen molar-refractivity contribution in [2.24, 2.45) is 0 Å². The van der Waals surface area contributed by atoms with Gasteiger partial charge in [0.1, 0.15) is 5.60 Å². The van der Waals surface area contributed by atoms with Gasteiger partial charge < -0.3 is 9.47 Å². The van der Waals surface area contributed by atoms with Gasteiger partial charge in [-0.3, -0.25) is 5.32 Å². The Balaban J connectivity index is 2.21. The maximum absolute atomic E-state index is 12.0. The Hall–Kier alpha value is -2.82. The lowest BCUT2D eigenvalue weighted by Crippen LogP contribution is -2.27. The molecule has 0 saturated carbocycles. The Labute approximate surface area is 154 Å². The van der Waals surface area contributed by atoms with Crippen molar-refractivity contribution >= 4 is 17.7 Å². The normalized spacial score (nSPS) is 11.0. The highest BCUT2D eigenvalue weighted by atomic mass is 16.6. The number of hydrogen-bond donors (Lipinski definition) is 1. The molecule has 0 saturated heterocycles. The first-order chi connectivity index (χ1) is 12.2. The van der Waals surface area contributed by atoms with Gasteiger partial charge in [0, 0.05) is 5.69 Å². The third kappa shape index (κ3) is 5.34. The molecule has 0 aliphatic carbocycles. The Kier molecular flexibility index (Phi) is 6.03.